The lowest BCUT2D eigenvalue weighted by atomic mass is 10.2. The molecule has 1 fully saturated rings. The summed E-state index contributed by atoms with van der Waals surface area (Å²) < 4.78 is 0. The average Bonchev–Trinajstić information content (AvgIpc) is 2.96. The molecule has 1 atom stereocenters. The van der Waals surface area contributed by atoms with Gasteiger partial charge >= 0.3 is 0 Å². The summed E-state index contributed by atoms with van der Waals surface area (Å²) >= 11 is 7.04. The normalized spacial score (nSPS) is 18.4. The van der Waals surface area contributed by atoms with Crippen molar-refractivity contribution in [3.8, 4) is 0 Å². The van der Waals surface area contributed by atoms with Crippen LogP contribution in [0.2, 0.25) is 0 Å². The summed E-state index contributed by atoms with van der Waals surface area (Å²) in [5.74, 6) is 0.856. The molecule has 1 aliphatic heterocycles. The van der Waals surface area contributed by atoms with E-state index in [4.69, 9.17) is 18.0 Å². The van der Waals surface area contributed by atoms with Crippen LogP contribution in [0.3, 0.4) is 0 Å². The van der Waals surface area contributed by atoms with Gasteiger partial charge in [0, 0.05) is 43.3 Å². The molecule has 2 aliphatic rings. The highest BCUT2D eigenvalue weighted by atomic mass is 32.2. The fourth-order valence-electron chi connectivity index (χ4n) is 3.08. The van der Waals surface area contributed by atoms with Crippen LogP contribution in [-0.4, -0.2) is 54.5 Å². The maximum absolute atomic E-state index is 6.16. The molecule has 0 saturated carbocycles. The molecule has 1 unspecified atom stereocenters. The van der Waals surface area contributed by atoms with Crippen LogP contribution < -0.4 is 21.3 Å². The van der Waals surface area contributed by atoms with E-state index < -0.39 is 0 Å². The van der Waals surface area contributed by atoms with Crippen LogP contribution in [-0.2, 0) is 0 Å². The van der Waals surface area contributed by atoms with Crippen LogP contribution >= 0.6 is 24.0 Å². The summed E-state index contributed by atoms with van der Waals surface area (Å²) in [6, 6.07) is 8.41. The summed E-state index contributed by atoms with van der Waals surface area (Å²) in [5, 5.41) is 6.91. The van der Waals surface area contributed by atoms with Gasteiger partial charge in [0.2, 0.25) is 0 Å². The highest BCUT2D eigenvalue weighted by Crippen LogP contribution is 2.19. The van der Waals surface area contributed by atoms with Crippen LogP contribution in [0.15, 0.2) is 60.2 Å². The van der Waals surface area contributed by atoms with E-state index in [1.807, 2.05) is 0 Å². The van der Waals surface area contributed by atoms with Crippen molar-refractivity contribution in [2.24, 2.45) is 5.73 Å². The molecule has 5 nitrogen and oxygen atoms in total. The number of nitrogens with zero attached hydrogens (tertiary/aromatic N) is 2. The second kappa shape index (κ2) is 10.7. The zero-order valence-corrected chi connectivity index (χ0v) is 17.9. The summed E-state index contributed by atoms with van der Waals surface area (Å²) in [6.45, 7) is 4.34. The number of allylic oxidation sites excluding steroid dienone is 5. The lowest BCUT2D eigenvalue weighted by Crippen LogP contribution is -2.44. The minimum Gasteiger partial charge on any atom is -0.369 e. The summed E-state index contributed by atoms with van der Waals surface area (Å²) in [7, 11) is 2.17. The van der Waals surface area contributed by atoms with E-state index in [9.17, 15) is 0 Å². The van der Waals surface area contributed by atoms with Gasteiger partial charge < -0.3 is 26.2 Å². The zero-order valence-electron chi connectivity index (χ0n) is 16.3. The number of hydrogen-bond acceptors (Lipinski definition) is 5. The first-order valence-corrected chi connectivity index (χ1v) is 11.1. The number of rotatable bonds is 6. The van der Waals surface area contributed by atoms with Gasteiger partial charge in [-0.25, -0.2) is 0 Å². The number of likely N-dealkylation sites (N-methyl/N-ethyl adjacent to an activating group) is 1. The Hall–Kier alpha value is -1.80. The van der Waals surface area contributed by atoms with E-state index in [1.165, 1.54) is 11.3 Å². The van der Waals surface area contributed by atoms with Crippen molar-refractivity contribution in [2.45, 2.75) is 11.9 Å². The maximum Gasteiger partial charge on any atom is 0.172 e. The third kappa shape index (κ3) is 6.67. The molecule has 150 valence electrons. The minimum absolute atomic E-state index is 0.255. The van der Waals surface area contributed by atoms with Gasteiger partial charge in [0.1, 0.15) is 5.50 Å². The lowest BCUT2D eigenvalue weighted by Gasteiger charge is -2.34. The first kappa shape index (κ1) is 20.9. The van der Waals surface area contributed by atoms with Crippen molar-refractivity contribution in [2.75, 3.05) is 49.2 Å². The van der Waals surface area contributed by atoms with Crippen molar-refractivity contribution < 1.29 is 0 Å². The molecule has 28 heavy (non-hydrogen) atoms. The van der Waals surface area contributed by atoms with Crippen molar-refractivity contribution in [3.05, 3.63) is 60.2 Å². The first-order chi connectivity index (χ1) is 13.6. The smallest absolute Gasteiger partial charge is 0.172 e. The Balaban J connectivity index is 1.42. The van der Waals surface area contributed by atoms with Crippen LogP contribution in [0.25, 0.3) is 0 Å². The molecular weight excluding hydrogens is 386 g/mol. The second-order valence-corrected chi connectivity index (χ2v) is 8.51. The fourth-order valence-corrected chi connectivity index (χ4v) is 4.18. The number of benzene rings is 1. The lowest BCUT2D eigenvalue weighted by molar-refractivity contribution is 0.313. The standard InChI is InChI=1S/C21H29N5S2/c1-25-12-14-26(15-13-25)19-10-8-18(9-11-19)23-21(27)24-20(22)28-16-17-6-4-2-3-5-7-17/h2-4,6-11,20H,5,12-16,22H2,1H3,(H2,23,24,27). The highest BCUT2D eigenvalue weighted by molar-refractivity contribution is 8.00. The van der Waals surface area contributed by atoms with Crippen LogP contribution in [0.1, 0.15) is 6.42 Å². The molecule has 4 N–H and O–H groups in total. The molecule has 1 aliphatic carbocycles. The van der Waals surface area contributed by atoms with Crippen LogP contribution in [0.5, 0.6) is 0 Å². The predicted molar refractivity (Wildman–Crippen MR) is 127 cm³/mol. The molecule has 0 radical (unpaired) electrons. The Bertz CT molecular complexity index is 734. The average molecular weight is 416 g/mol. The van der Waals surface area contributed by atoms with E-state index in [1.54, 1.807) is 11.8 Å². The molecule has 1 aromatic carbocycles. The number of thiocarbonyl (C=S) groups is 1. The fraction of sp³-hybridized carbons (Fsp3) is 0.381. The Morgan fingerprint density at radius 1 is 1.18 bits per heavy atom. The van der Waals surface area contributed by atoms with Crippen LogP contribution in [0, 0.1) is 0 Å². The van der Waals surface area contributed by atoms with E-state index in [-0.39, 0.29) is 5.50 Å². The monoisotopic (exact) mass is 415 g/mol. The van der Waals surface area contributed by atoms with Crippen molar-refractivity contribution >= 4 is 40.5 Å². The molecular formula is C21H29N5S2. The molecule has 0 spiro atoms. The number of hydrogen-bond donors (Lipinski definition) is 3. The van der Waals surface area contributed by atoms with Crippen LogP contribution in [0.4, 0.5) is 11.4 Å². The highest BCUT2D eigenvalue weighted by Gasteiger charge is 2.14. The van der Waals surface area contributed by atoms with Gasteiger partial charge in [-0.3, -0.25) is 0 Å². The molecule has 1 saturated heterocycles. The zero-order chi connectivity index (χ0) is 19.8. The van der Waals surface area contributed by atoms with Gasteiger partial charge in [-0.15, -0.1) is 11.8 Å². The Morgan fingerprint density at radius 2 is 1.93 bits per heavy atom. The van der Waals surface area contributed by atoms with Crippen molar-refractivity contribution in [1.29, 1.82) is 0 Å². The van der Waals surface area contributed by atoms with Gasteiger partial charge in [0.05, 0.1) is 0 Å². The Morgan fingerprint density at radius 3 is 2.68 bits per heavy atom. The third-order valence-corrected chi connectivity index (χ3v) is 5.97. The van der Waals surface area contributed by atoms with Gasteiger partial charge in [-0.1, -0.05) is 30.4 Å². The minimum atomic E-state index is -0.255. The molecule has 7 heteroatoms. The predicted octanol–water partition coefficient (Wildman–Crippen LogP) is 3.14. The third-order valence-electron chi connectivity index (χ3n) is 4.77. The van der Waals surface area contributed by atoms with E-state index in [0.29, 0.717) is 5.11 Å². The molecule has 0 aromatic heterocycles. The summed E-state index contributed by atoms with van der Waals surface area (Å²) in [4.78, 5) is 4.77. The first-order valence-electron chi connectivity index (χ1n) is 9.61. The van der Waals surface area contributed by atoms with Crippen molar-refractivity contribution in [1.82, 2.24) is 10.2 Å². The van der Waals surface area contributed by atoms with E-state index in [0.717, 1.165) is 44.0 Å². The SMILES string of the molecule is CN1CCN(c2ccc(NC(=S)NC(N)SCC3=CCC=CC=C3)cc2)CC1. The molecule has 1 heterocycles. The topological polar surface area (TPSA) is 56.6 Å². The summed E-state index contributed by atoms with van der Waals surface area (Å²) in [6.07, 6.45) is 11.6. The molecule has 3 rings (SSSR count). The molecule has 0 amide bonds. The molecule has 1 aromatic rings. The van der Waals surface area contributed by atoms with Gasteiger partial charge in [0.25, 0.3) is 0 Å². The van der Waals surface area contributed by atoms with Gasteiger partial charge in [-0.2, -0.15) is 0 Å². The summed E-state index contributed by atoms with van der Waals surface area (Å²) in [5.41, 5.74) is 9.41. The second-order valence-electron chi connectivity index (χ2n) is 6.97. The molecule has 0 bridgehead atoms. The largest absolute Gasteiger partial charge is 0.369 e. The van der Waals surface area contributed by atoms with Gasteiger partial charge in [-0.05, 0) is 55.5 Å². The van der Waals surface area contributed by atoms with E-state index >= 15 is 0 Å². The maximum atomic E-state index is 6.16. The number of thioether (sulfide) groups is 1. The number of anilines is 2. The van der Waals surface area contributed by atoms with Crippen molar-refractivity contribution in [3.63, 3.8) is 0 Å². The number of nitrogens with two attached hydrogens (primary N) is 1. The number of piperazine rings is 1. The Kier molecular flexibility index (Phi) is 7.97. The Labute approximate surface area is 177 Å². The van der Waals surface area contributed by atoms with E-state index in [2.05, 4.69) is 82.1 Å². The quantitative estimate of drug-likeness (QED) is 0.487. The van der Waals surface area contributed by atoms with Gasteiger partial charge in [0.15, 0.2) is 5.11 Å². The number of nitrogens with one attached hydrogen (secondary N) is 2.